The average Bonchev–Trinajstić information content (AvgIpc) is 2.77. The van der Waals surface area contributed by atoms with E-state index in [1.54, 1.807) is 0 Å². The molecule has 22 heavy (non-hydrogen) atoms. The second kappa shape index (κ2) is 4.31. The molecule has 116 valence electrons. The predicted octanol–water partition coefficient (Wildman–Crippen LogP) is 4.03. The fourth-order valence-corrected chi connectivity index (χ4v) is 5.87. The van der Waals surface area contributed by atoms with Crippen LogP contribution in [0.1, 0.15) is 46.0 Å². The Labute approximate surface area is 132 Å². The molecule has 5 atom stereocenters. The van der Waals surface area contributed by atoms with Gasteiger partial charge in [-0.2, -0.15) is 0 Å². The first kappa shape index (κ1) is 14.2. The molecule has 0 aromatic heterocycles. The highest BCUT2D eigenvalue weighted by atomic mass is 16.1. The number of hydrogen-bond acceptors (Lipinski definition) is 2. The maximum atomic E-state index is 12.3. The van der Waals surface area contributed by atoms with Gasteiger partial charge in [0.05, 0.1) is 0 Å². The number of carbonyl (C=O) groups excluding carboxylic acids is 2. The molecule has 0 aromatic carbocycles. The molecule has 4 aliphatic rings. The van der Waals surface area contributed by atoms with Crippen molar-refractivity contribution in [1.82, 2.24) is 0 Å². The molecule has 0 heterocycles. The van der Waals surface area contributed by atoms with Gasteiger partial charge in [-0.3, -0.25) is 9.59 Å². The summed E-state index contributed by atoms with van der Waals surface area (Å²) in [5.74, 6) is 1.99. The largest absolute Gasteiger partial charge is 0.294 e. The van der Waals surface area contributed by atoms with Gasteiger partial charge in [0.2, 0.25) is 0 Å². The molecule has 0 aromatic rings. The van der Waals surface area contributed by atoms with Crippen LogP contribution < -0.4 is 0 Å². The Morgan fingerprint density at radius 1 is 1.18 bits per heavy atom. The molecule has 0 N–H and O–H groups in total. The van der Waals surface area contributed by atoms with Crippen LogP contribution in [0.5, 0.6) is 0 Å². The highest BCUT2D eigenvalue weighted by Gasteiger charge is 2.57. The van der Waals surface area contributed by atoms with Gasteiger partial charge >= 0.3 is 0 Å². The van der Waals surface area contributed by atoms with E-state index in [0.717, 1.165) is 37.7 Å². The quantitative estimate of drug-likeness (QED) is 0.632. The molecule has 2 nitrogen and oxygen atoms in total. The number of carbonyl (C=O) groups is 2. The Hall–Kier alpha value is -1.44. The summed E-state index contributed by atoms with van der Waals surface area (Å²) in [4.78, 5) is 24.3. The molecule has 0 aliphatic heterocycles. The number of allylic oxidation sites excluding steroid dienone is 5. The number of rotatable bonds is 0. The first-order chi connectivity index (χ1) is 10.4. The minimum atomic E-state index is -0.166. The SMILES string of the molecule is C=C1C[C@@]2(C)C(=CC1=O)CC[C@@H]1[C@@H]2CC[C@]2(C)C(=O)C=C[C@@H]12. The van der Waals surface area contributed by atoms with E-state index in [4.69, 9.17) is 0 Å². The maximum Gasteiger partial charge on any atom is 0.181 e. The van der Waals surface area contributed by atoms with Gasteiger partial charge in [-0.15, -0.1) is 0 Å². The van der Waals surface area contributed by atoms with Crippen molar-refractivity contribution in [2.75, 3.05) is 0 Å². The van der Waals surface area contributed by atoms with Crippen LogP contribution in [0.3, 0.4) is 0 Å². The molecule has 4 rings (SSSR count). The second-order valence-corrected chi connectivity index (χ2v) is 8.25. The van der Waals surface area contributed by atoms with Crippen molar-refractivity contribution in [3.8, 4) is 0 Å². The van der Waals surface area contributed by atoms with Crippen molar-refractivity contribution in [2.24, 2.45) is 28.6 Å². The van der Waals surface area contributed by atoms with E-state index in [-0.39, 0.29) is 16.6 Å². The van der Waals surface area contributed by atoms with Crippen LogP contribution in [-0.4, -0.2) is 11.6 Å². The second-order valence-electron chi connectivity index (χ2n) is 8.25. The highest BCUT2D eigenvalue weighted by molar-refractivity contribution is 6.05. The lowest BCUT2D eigenvalue weighted by Crippen LogP contribution is -2.51. The maximum absolute atomic E-state index is 12.3. The van der Waals surface area contributed by atoms with Crippen molar-refractivity contribution in [2.45, 2.75) is 46.0 Å². The Balaban J connectivity index is 1.74. The summed E-state index contributed by atoms with van der Waals surface area (Å²) >= 11 is 0. The van der Waals surface area contributed by atoms with E-state index in [0.29, 0.717) is 23.5 Å². The molecule has 0 spiro atoms. The molecule has 2 heteroatoms. The average molecular weight is 296 g/mol. The van der Waals surface area contributed by atoms with Crippen molar-refractivity contribution >= 4 is 11.6 Å². The molecular weight excluding hydrogens is 272 g/mol. The summed E-state index contributed by atoms with van der Waals surface area (Å²) in [6.45, 7) is 8.49. The van der Waals surface area contributed by atoms with Crippen LogP contribution in [0.4, 0.5) is 0 Å². The molecule has 4 aliphatic carbocycles. The van der Waals surface area contributed by atoms with E-state index in [1.165, 1.54) is 5.57 Å². The molecule has 0 amide bonds. The van der Waals surface area contributed by atoms with Gasteiger partial charge in [-0.25, -0.2) is 0 Å². The third kappa shape index (κ3) is 1.61. The van der Waals surface area contributed by atoms with Crippen molar-refractivity contribution < 1.29 is 9.59 Å². The summed E-state index contributed by atoms with van der Waals surface area (Å²) in [5, 5.41) is 0. The molecule has 2 saturated carbocycles. The van der Waals surface area contributed by atoms with Crippen molar-refractivity contribution in [1.29, 1.82) is 0 Å². The molecule has 2 fully saturated rings. The minimum Gasteiger partial charge on any atom is -0.294 e. The minimum absolute atomic E-state index is 0.0781. The van der Waals surface area contributed by atoms with Crippen LogP contribution in [0.25, 0.3) is 0 Å². The van der Waals surface area contributed by atoms with E-state index in [9.17, 15) is 9.59 Å². The van der Waals surface area contributed by atoms with Crippen LogP contribution in [0.15, 0.2) is 36.0 Å². The molecule has 0 saturated heterocycles. The zero-order valence-corrected chi connectivity index (χ0v) is 13.5. The fraction of sp³-hybridized carbons (Fsp3) is 0.600. The summed E-state index contributed by atoms with van der Waals surface area (Å²) in [5.41, 5.74) is 2.01. The zero-order chi connectivity index (χ0) is 15.7. The van der Waals surface area contributed by atoms with Gasteiger partial charge in [-0.05, 0) is 73.0 Å². The first-order valence-electron chi connectivity index (χ1n) is 8.52. The monoisotopic (exact) mass is 296 g/mol. The van der Waals surface area contributed by atoms with Crippen molar-refractivity contribution in [3.63, 3.8) is 0 Å². The fourth-order valence-electron chi connectivity index (χ4n) is 5.87. The molecule has 0 radical (unpaired) electrons. The summed E-state index contributed by atoms with van der Waals surface area (Å²) in [6, 6.07) is 0. The third-order valence-corrected chi connectivity index (χ3v) is 7.24. The Morgan fingerprint density at radius 2 is 1.95 bits per heavy atom. The summed E-state index contributed by atoms with van der Waals surface area (Å²) < 4.78 is 0. The summed E-state index contributed by atoms with van der Waals surface area (Å²) in [6.07, 6.45) is 10.9. The van der Waals surface area contributed by atoms with E-state index in [1.807, 2.05) is 12.2 Å². The van der Waals surface area contributed by atoms with E-state index in [2.05, 4.69) is 26.5 Å². The van der Waals surface area contributed by atoms with Gasteiger partial charge < -0.3 is 0 Å². The highest BCUT2D eigenvalue weighted by Crippen LogP contribution is 2.63. The number of ketones is 2. The lowest BCUT2D eigenvalue weighted by Gasteiger charge is -2.56. The van der Waals surface area contributed by atoms with Crippen LogP contribution >= 0.6 is 0 Å². The predicted molar refractivity (Wildman–Crippen MR) is 86.1 cm³/mol. The van der Waals surface area contributed by atoms with E-state index < -0.39 is 0 Å². The Kier molecular flexibility index (Phi) is 2.77. The topological polar surface area (TPSA) is 34.1 Å². The smallest absolute Gasteiger partial charge is 0.181 e. The molecule has 0 bridgehead atoms. The standard InChI is InChI=1S/C20H24O2/c1-12-11-20(3)13(10-17(12)21)4-5-14-15-6-7-18(22)19(15,2)9-8-16(14)20/h6-7,10,14-16H,1,4-5,8-9,11H2,2-3H3/t14-,15-,16-,19-,20-/m0/s1. The summed E-state index contributed by atoms with van der Waals surface area (Å²) in [7, 11) is 0. The Bertz CT molecular complexity index is 653. The Morgan fingerprint density at radius 3 is 2.73 bits per heavy atom. The van der Waals surface area contributed by atoms with E-state index >= 15 is 0 Å². The van der Waals surface area contributed by atoms with Crippen molar-refractivity contribution in [3.05, 3.63) is 36.0 Å². The normalized spacial score (nSPS) is 46.9. The van der Waals surface area contributed by atoms with Crippen LogP contribution in [0, 0.1) is 28.6 Å². The van der Waals surface area contributed by atoms with Gasteiger partial charge in [0.15, 0.2) is 11.6 Å². The van der Waals surface area contributed by atoms with Gasteiger partial charge in [-0.1, -0.05) is 32.1 Å². The molecular formula is C20H24O2. The lowest BCUT2D eigenvalue weighted by atomic mass is 9.47. The van der Waals surface area contributed by atoms with Gasteiger partial charge in [0.1, 0.15) is 0 Å². The zero-order valence-electron chi connectivity index (χ0n) is 13.5. The first-order valence-corrected chi connectivity index (χ1v) is 8.52. The van der Waals surface area contributed by atoms with Crippen LogP contribution in [0.2, 0.25) is 0 Å². The third-order valence-electron chi connectivity index (χ3n) is 7.24. The van der Waals surface area contributed by atoms with Gasteiger partial charge in [0, 0.05) is 5.41 Å². The molecule has 0 unspecified atom stereocenters. The number of hydrogen-bond donors (Lipinski definition) is 0. The lowest BCUT2D eigenvalue weighted by molar-refractivity contribution is -0.130. The van der Waals surface area contributed by atoms with Gasteiger partial charge in [0.25, 0.3) is 0 Å². The van der Waals surface area contributed by atoms with Crippen LogP contribution in [-0.2, 0) is 9.59 Å². The number of fused-ring (bicyclic) bond motifs is 5.